The van der Waals surface area contributed by atoms with Gasteiger partial charge in [0.15, 0.2) is 5.13 Å². The smallest absolute Gasteiger partial charge is 0.186 e. The first-order valence-corrected chi connectivity index (χ1v) is 6.15. The summed E-state index contributed by atoms with van der Waals surface area (Å²) < 4.78 is 0. The third kappa shape index (κ3) is 1.46. The van der Waals surface area contributed by atoms with Gasteiger partial charge in [-0.3, -0.25) is 0 Å². The molecule has 0 bridgehead atoms. The zero-order valence-electron chi connectivity index (χ0n) is 9.10. The molecule has 16 heavy (non-hydrogen) atoms. The molecule has 2 aromatic rings. The molecule has 0 unspecified atom stereocenters. The highest BCUT2D eigenvalue weighted by Gasteiger charge is 2.22. The molecule has 82 valence electrons. The largest absolute Gasteiger partial charge is 0.398 e. The fourth-order valence-corrected chi connectivity index (χ4v) is 2.87. The molecule has 3 rings (SSSR count). The second-order valence-corrected chi connectivity index (χ2v) is 4.95. The summed E-state index contributed by atoms with van der Waals surface area (Å²) in [6.45, 7) is 3.83. The van der Waals surface area contributed by atoms with Gasteiger partial charge in [0.2, 0.25) is 0 Å². The van der Waals surface area contributed by atoms with Crippen molar-refractivity contribution in [1.29, 1.82) is 0 Å². The predicted molar refractivity (Wildman–Crippen MR) is 67.6 cm³/mol. The number of nitrogen functional groups attached to an aromatic ring is 1. The van der Waals surface area contributed by atoms with Crippen LogP contribution in [0, 0.1) is 6.92 Å². The lowest BCUT2D eigenvalue weighted by atomic mass is 10.1. The average Bonchev–Trinajstić information content (AvgIpc) is 2.84. The van der Waals surface area contributed by atoms with Gasteiger partial charge in [0, 0.05) is 24.2 Å². The van der Waals surface area contributed by atoms with Gasteiger partial charge in [-0.25, -0.2) is 4.98 Å². The molecule has 1 aromatic carbocycles. The van der Waals surface area contributed by atoms with Gasteiger partial charge >= 0.3 is 0 Å². The van der Waals surface area contributed by atoms with Crippen LogP contribution in [0.15, 0.2) is 23.6 Å². The molecular formula is C12H13N3S. The zero-order valence-corrected chi connectivity index (χ0v) is 9.92. The van der Waals surface area contributed by atoms with Crippen LogP contribution in [0.1, 0.15) is 16.8 Å². The van der Waals surface area contributed by atoms with E-state index in [1.807, 2.05) is 19.1 Å². The highest BCUT2D eigenvalue weighted by molar-refractivity contribution is 7.13. The van der Waals surface area contributed by atoms with E-state index in [0.29, 0.717) is 0 Å². The Kier molecular flexibility index (Phi) is 2.11. The normalized spacial score (nSPS) is 14.2. The predicted octanol–water partition coefficient (Wildman–Crippen LogP) is 2.55. The quantitative estimate of drug-likeness (QED) is 0.767. The van der Waals surface area contributed by atoms with E-state index < -0.39 is 0 Å². The monoisotopic (exact) mass is 231 g/mol. The molecule has 0 saturated carbocycles. The van der Waals surface area contributed by atoms with Gasteiger partial charge in [-0.15, -0.1) is 11.3 Å². The van der Waals surface area contributed by atoms with Crippen LogP contribution in [0.3, 0.4) is 0 Å². The van der Waals surface area contributed by atoms with Crippen molar-refractivity contribution in [2.45, 2.75) is 20.0 Å². The van der Waals surface area contributed by atoms with Crippen molar-refractivity contribution in [3.63, 3.8) is 0 Å². The van der Waals surface area contributed by atoms with Crippen molar-refractivity contribution in [2.75, 3.05) is 10.6 Å². The summed E-state index contributed by atoms with van der Waals surface area (Å²) in [6, 6.07) is 6.13. The van der Waals surface area contributed by atoms with Crippen LogP contribution in [0.5, 0.6) is 0 Å². The maximum atomic E-state index is 5.97. The number of nitrogens with zero attached hydrogens (tertiary/aromatic N) is 2. The molecule has 0 aliphatic carbocycles. The average molecular weight is 231 g/mol. The number of fused-ring (bicyclic) bond motifs is 1. The second kappa shape index (κ2) is 3.49. The van der Waals surface area contributed by atoms with Crippen molar-refractivity contribution >= 4 is 22.2 Å². The maximum absolute atomic E-state index is 5.97. The fourth-order valence-electron chi connectivity index (χ4n) is 2.07. The molecule has 0 radical (unpaired) electrons. The van der Waals surface area contributed by atoms with E-state index in [2.05, 4.69) is 21.3 Å². The molecule has 1 aromatic heterocycles. The van der Waals surface area contributed by atoms with Gasteiger partial charge < -0.3 is 10.6 Å². The molecule has 2 N–H and O–H groups in total. The number of benzene rings is 1. The standard InChI is InChI=1S/C12H13N3S/c1-8-7-16-12(14-8)15-5-9-3-2-4-11(13)10(9)6-15/h2-4,7H,5-6,13H2,1H3. The van der Waals surface area contributed by atoms with Crippen LogP contribution in [0.25, 0.3) is 0 Å². The number of rotatable bonds is 1. The van der Waals surface area contributed by atoms with Crippen molar-refractivity contribution in [3.8, 4) is 0 Å². The van der Waals surface area contributed by atoms with Crippen LogP contribution in [0.2, 0.25) is 0 Å². The highest BCUT2D eigenvalue weighted by atomic mass is 32.1. The highest BCUT2D eigenvalue weighted by Crippen LogP contribution is 2.32. The van der Waals surface area contributed by atoms with Crippen molar-refractivity contribution in [2.24, 2.45) is 0 Å². The zero-order chi connectivity index (χ0) is 11.1. The molecule has 0 saturated heterocycles. The molecule has 0 fully saturated rings. The Morgan fingerprint density at radius 1 is 1.38 bits per heavy atom. The molecule has 0 amide bonds. The summed E-state index contributed by atoms with van der Waals surface area (Å²) in [7, 11) is 0. The first-order chi connectivity index (χ1) is 7.74. The lowest BCUT2D eigenvalue weighted by molar-refractivity contribution is 0.870. The first kappa shape index (κ1) is 9.66. The number of hydrogen-bond donors (Lipinski definition) is 1. The lowest BCUT2D eigenvalue weighted by Gasteiger charge is -2.12. The van der Waals surface area contributed by atoms with Gasteiger partial charge in [-0.05, 0) is 24.1 Å². The summed E-state index contributed by atoms with van der Waals surface area (Å²) in [6.07, 6.45) is 0. The number of anilines is 2. The Morgan fingerprint density at radius 2 is 2.25 bits per heavy atom. The van der Waals surface area contributed by atoms with Crippen molar-refractivity contribution < 1.29 is 0 Å². The molecule has 0 atom stereocenters. The summed E-state index contributed by atoms with van der Waals surface area (Å²) >= 11 is 1.70. The van der Waals surface area contributed by atoms with Crippen molar-refractivity contribution in [1.82, 2.24) is 4.98 Å². The van der Waals surface area contributed by atoms with Crippen LogP contribution in [-0.4, -0.2) is 4.98 Å². The Hall–Kier alpha value is -1.55. The SMILES string of the molecule is Cc1csc(N2Cc3cccc(N)c3C2)n1. The third-order valence-electron chi connectivity index (χ3n) is 2.90. The van der Waals surface area contributed by atoms with Crippen molar-refractivity contribution in [3.05, 3.63) is 40.4 Å². The first-order valence-electron chi connectivity index (χ1n) is 5.27. The molecule has 1 aliphatic rings. The van der Waals surface area contributed by atoms with E-state index in [-0.39, 0.29) is 0 Å². The molecule has 3 nitrogen and oxygen atoms in total. The minimum absolute atomic E-state index is 0.884. The van der Waals surface area contributed by atoms with Gasteiger partial charge in [-0.1, -0.05) is 12.1 Å². The lowest BCUT2D eigenvalue weighted by Crippen LogP contribution is -2.14. The van der Waals surface area contributed by atoms with E-state index in [1.165, 1.54) is 11.1 Å². The Bertz CT molecular complexity index is 533. The van der Waals surface area contributed by atoms with Gasteiger partial charge in [0.25, 0.3) is 0 Å². The van der Waals surface area contributed by atoms with Gasteiger partial charge in [-0.2, -0.15) is 0 Å². The van der Waals surface area contributed by atoms with Gasteiger partial charge in [0.1, 0.15) is 0 Å². The second-order valence-electron chi connectivity index (χ2n) is 4.11. The summed E-state index contributed by atoms with van der Waals surface area (Å²) in [5.74, 6) is 0. The molecule has 1 aliphatic heterocycles. The molecule has 2 heterocycles. The molecule has 0 spiro atoms. The van der Waals surface area contributed by atoms with E-state index in [1.54, 1.807) is 11.3 Å². The van der Waals surface area contributed by atoms with E-state index in [4.69, 9.17) is 5.73 Å². The number of hydrogen-bond acceptors (Lipinski definition) is 4. The molecule has 4 heteroatoms. The minimum Gasteiger partial charge on any atom is -0.398 e. The minimum atomic E-state index is 0.884. The Morgan fingerprint density at radius 3 is 2.94 bits per heavy atom. The van der Waals surface area contributed by atoms with Crippen LogP contribution in [-0.2, 0) is 13.1 Å². The topological polar surface area (TPSA) is 42.1 Å². The van der Waals surface area contributed by atoms with E-state index >= 15 is 0 Å². The summed E-state index contributed by atoms with van der Waals surface area (Å²) in [5.41, 5.74) is 10.5. The summed E-state index contributed by atoms with van der Waals surface area (Å²) in [4.78, 5) is 6.79. The van der Waals surface area contributed by atoms with E-state index in [9.17, 15) is 0 Å². The Balaban J connectivity index is 1.93. The summed E-state index contributed by atoms with van der Waals surface area (Å²) in [5, 5.41) is 3.18. The molecular weight excluding hydrogens is 218 g/mol. The van der Waals surface area contributed by atoms with Crippen LogP contribution < -0.4 is 10.6 Å². The fraction of sp³-hybridized carbons (Fsp3) is 0.250. The number of thiazole rings is 1. The number of nitrogens with two attached hydrogens (primary N) is 1. The maximum Gasteiger partial charge on any atom is 0.186 e. The number of aryl methyl sites for hydroxylation is 1. The third-order valence-corrected chi connectivity index (χ3v) is 3.92. The van der Waals surface area contributed by atoms with Crippen LogP contribution >= 0.6 is 11.3 Å². The van der Waals surface area contributed by atoms with Gasteiger partial charge in [0.05, 0.1) is 5.69 Å². The van der Waals surface area contributed by atoms with E-state index in [0.717, 1.165) is 29.6 Å². The van der Waals surface area contributed by atoms with Crippen LogP contribution in [0.4, 0.5) is 10.8 Å². The number of aromatic nitrogens is 1. The Labute approximate surface area is 98.5 Å².